The Morgan fingerprint density at radius 1 is 1.15 bits per heavy atom. The van der Waals surface area contributed by atoms with E-state index in [0.717, 1.165) is 5.69 Å². The van der Waals surface area contributed by atoms with Crippen molar-refractivity contribution in [3.63, 3.8) is 0 Å². The molecule has 0 fully saturated rings. The summed E-state index contributed by atoms with van der Waals surface area (Å²) in [5, 5.41) is 0. The van der Waals surface area contributed by atoms with Gasteiger partial charge in [-0.1, -0.05) is 22.0 Å². The van der Waals surface area contributed by atoms with Crippen molar-refractivity contribution in [2.45, 2.75) is 6.04 Å². The molecule has 0 aliphatic rings. The van der Waals surface area contributed by atoms with Crippen LogP contribution in [0.25, 0.3) is 0 Å². The number of halogens is 3. The molecule has 0 aliphatic heterocycles. The summed E-state index contributed by atoms with van der Waals surface area (Å²) in [6.07, 6.45) is 0. The molecule has 0 radical (unpaired) electrons. The van der Waals surface area contributed by atoms with E-state index >= 15 is 0 Å². The summed E-state index contributed by atoms with van der Waals surface area (Å²) in [4.78, 5) is 1.84. The van der Waals surface area contributed by atoms with Gasteiger partial charge in [0.1, 0.15) is 11.6 Å². The third kappa shape index (κ3) is 3.16. The molecule has 0 aromatic heterocycles. The zero-order chi connectivity index (χ0) is 14.7. The molecule has 0 heterocycles. The van der Waals surface area contributed by atoms with E-state index in [1.165, 1.54) is 18.2 Å². The first-order valence-electron chi connectivity index (χ1n) is 6.16. The molecule has 0 bridgehead atoms. The molecule has 0 saturated heterocycles. The van der Waals surface area contributed by atoms with E-state index in [1.807, 2.05) is 11.9 Å². The van der Waals surface area contributed by atoms with Gasteiger partial charge in [-0.25, -0.2) is 8.78 Å². The van der Waals surface area contributed by atoms with Crippen LogP contribution in [0, 0.1) is 11.6 Å². The minimum Gasteiger partial charge on any atom is -0.366 e. The summed E-state index contributed by atoms with van der Waals surface area (Å²) in [5.41, 5.74) is 7.08. The maximum Gasteiger partial charge on any atom is 0.129 e. The first-order chi connectivity index (χ1) is 9.52. The van der Waals surface area contributed by atoms with E-state index in [9.17, 15) is 8.78 Å². The summed E-state index contributed by atoms with van der Waals surface area (Å²) in [6.45, 7) is 0.256. The third-order valence-corrected chi connectivity index (χ3v) is 3.74. The Morgan fingerprint density at radius 2 is 1.80 bits per heavy atom. The first-order valence-corrected chi connectivity index (χ1v) is 6.95. The summed E-state index contributed by atoms with van der Waals surface area (Å²) in [6, 6.07) is 10.6. The largest absolute Gasteiger partial charge is 0.366 e. The van der Waals surface area contributed by atoms with Crippen molar-refractivity contribution in [2.75, 3.05) is 18.5 Å². The predicted octanol–water partition coefficient (Wildman–Crippen LogP) is 3.86. The number of benzene rings is 2. The van der Waals surface area contributed by atoms with Crippen molar-refractivity contribution >= 4 is 21.6 Å². The second-order valence-corrected chi connectivity index (χ2v) is 5.42. The van der Waals surface area contributed by atoms with Crippen LogP contribution in [0.4, 0.5) is 14.5 Å². The molecule has 2 rings (SSSR count). The van der Waals surface area contributed by atoms with Crippen LogP contribution in [0.5, 0.6) is 0 Å². The molecule has 2 aromatic carbocycles. The smallest absolute Gasteiger partial charge is 0.129 e. The Bertz CT molecular complexity index is 587. The number of nitrogens with zero attached hydrogens (tertiary/aromatic N) is 1. The molecule has 2 nitrogen and oxygen atoms in total. The van der Waals surface area contributed by atoms with Gasteiger partial charge in [0.25, 0.3) is 0 Å². The molecule has 2 N–H and O–H groups in total. The Balaban J connectivity index is 2.33. The highest BCUT2D eigenvalue weighted by Gasteiger charge is 2.19. The van der Waals surface area contributed by atoms with Gasteiger partial charge in [-0.05, 0) is 36.4 Å². The van der Waals surface area contributed by atoms with Crippen molar-refractivity contribution in [3.05, 3.63) is 64.1 Å². The molecule has 1 unspecified atom stereocenters. The normalized spacial score (nSPS) is 12.2. The Kier molecular flexibility index (Phi) is 4.73. The van der Waals surface area contributed by atoms with Crippen molar-refractivity contribution in [2.24, 2.45) is 5.73 Å². The van der Waals surface area contributed by atoms with Crippen molar-refractivity contribution < 1.29 is 8.78 Å². The lowest BCUT2D eigenvalue weighted by atomic mass is 10.0. The fourth-order valence-electron chi connectivity index (χ4n) is 2.12. The van der Waals surface area contributed by atoms with Crippen LogP contribution in [0.2, 0.25) is 0 Å². The lowest BCUT2D eigenvalue weighted by Crippen LogP contribution is -2.31. The average Bonchev–Trinajstić information content (AvgIpc) is 2.42. The average molecular weight is 341 g/mol. The molecule has 106 valence electrons. The van der Waals surface area contributed by atoms with Gasteiger partial charge in [0.2, 0.25) is 0 Å². The number of rotatable bonds is 4. The highest BCUT2D eigenvalue weighted by Crippen LogP contribution is 2.28. The van der Waals surface area contributed by atoms with Crippen LogP contribution in [0.3, 0.4) is 0 Å². The second kappa shape index (κ2) is 6.33. The minimum atomic E-state index is -0.316. The molecule has 0 amide bonds. The standard InChI is InChI=1S/C15H15BrF2N2/c1-20(12-5-3-11(17)4-6-12)15(9-19)13-7-2-10(16)8-14(13)18/h2-8,15H,9,19H2,1H3. The van der Waals surface area contributed by atoms with Crippen molar-refractivity contribution in [1.29, 1.82) is 0 Å². The van der Waals surface area contributed by atoms with Gasteiger partial charge in [-0.3, -0.25) is 0 Å². The van der Waals surface area contributed by atoms with Crippen molar-refractivity contribution in [3.8, 4) is 0 Å². The zero-order valence-electron chi connectivity index (χ0n) is 11.0. The molecule has 0 saturated carbocycles. The van der Waals surface area contributed by atoms with Gasteiger partial charge in [0, 0.05) is 29.3 Å². The number of likely N-dealkylation sites (N-methyl/N-ethyl adjacent to an activating group) is 1. The zero-order valence-corrected chi connectivity index (χ0v) is 12.6. The maximum absolute atomic E-state index is 14.1. The van der Waals surface area contributed by atoms with Crippen molar-refractivity contribution in [1.82, 2.24) is 0 Å². The van der Waals surface area contributed by atoms with Crippen LogP contribution < -0.4 is 10.6 Å². The van der Waals surface area contributed by atoms with E-state index in [4.69, 9.17) is 5.73 Å². The van der Waals surface area contributed by atoms with E-state index < -0.39 is 0 Å². The van der Waals surface area contributed by atoms with Crippen LogP contribution in [0.15, 0.2) is 46.9 Å². The van der Waals surface area contributed by atoms with Gasteiger partial charge in [-0.2, -0.15) is 0 Å². The molecule has 2 aromatic rings. The third-order valence-electron chi connectivity index (χ3n) is 3.25. The molecule has 5 heteroatoms. The van der Waals surface area contributed by atoms with Gasteiger partial charge in [-0.15, -0.1) is 0 Å². The molecule has 1 atom stereocenters. The molecular weight excluding hydrogens is 326 g/mol. The number of nitrogens with two attached hydrogens (primary N) is 1. The van der Waals surface area contributed by atoms with E-state index in [0.29, 0.717) is 10.0 Å². The summed E-state index contributed by atoms with van der Waals surface area (Å²) >= 11 is 3.23. The summed E-state index contributed by atoms with van der Waals surface area (Å²) in [5.74, 6) is -0.620. The van der Waals surface area contributed by atoms with Gasteiger partial charge < -0.3 is 10.6 Å². The van der Waals surface area contributed by atoms with Crippen LogP contribution in [-0.2, 0) is 0 Å². The van der Waals surface area contributed by atoms with Crippen LogP contribution in [-0.4, -0.2) is 13.6 Å². The lowest BCUT2D eigenvalue weighted by Gasteiger charge is -2.29. The fraction of sp³-hybridized carbons (Fsp3) is 0.200. The highest BCUT2D eigenvalue weighted by atomic mass is 79.9. The SMILES string of the molecule is CN(c1ccc(F)cc1)C(CN)c1ccc(Br)cc1F. The second-order valence-electron chi connectivity index (χ2n) is 4.50. The Labute approximate surface area is 125 Å². The topological polar surface area (TPSA) is 29.3 Å². The minimum absolute atomic E-state index is 0.256. The number of anilines is 1. The molecule has 0 spiro atoms. The molecule has 0 aliphatic carbocycles. The van der Waals surface area contributed by atoms with Crippen LogP contribution >= 0.6 is 15.9 Å². The van der Waals surface area contributed by atoms with Crippen LogP contribution in [0.1, 0.15) is 11.6 Å². The summed E-state index contributed by atoms with van der Waals surface area (Å²) < 4.78 is 27.7. The van der Waals surface area contributed by atoms with Gasteiger partial charge >= 0.3 is 0 Å². The highest BCUT2D eigenvalue weighted by molar-refractivity contribution is 9.10. The predicted molar refractivity (Wildman–Crippen MR) is 80.7 cm³/mol. The lowest BCUT2D eigenvalue weighted by molar-refractivity contribution is 0.571. The van der Waals surface area contributed by atoms with E-state index in [-0.39, 0.29) is 24.2 Å². The summed E-state index contributed by atoms with van der Waals surface area (Å²) in [7, 11) is 1.81. The Hall–Kier alpha value is -1.46. The first kappa shape index (κ1) is 14.9. The fourth-order valence-corrected chi connectivity index (χ4v) is 2.45. The number of hydrogen-bond donors (Lipinski definition) is 1. The maximum atomic E-state index is 14.1. The molecular formula is C15H15BrF2N2. The Morgan fingerprint density at radius 3 is 2.35 bits per heavy atom. The van der Waals surface area contributed by atoms with E-state index in [2.05, 4.69) is 15.9 Å². The monoisotopic (exact) mass is 340 g/mol. The van der Waals surface area contributed by atoms with Gasteiger partial charge in [0.15, 0.2) is 0 Å². The van der Waals surface area contributed by atoms with Gasteiger partial charge in [0.05, 0.1) is 6.04 Å². The van der Waals surface area contributed by atoms with E-state index in [1.54, 1.807) is 24.3 Å². The molecule has 20 heavy (non-hydrogen) atoms. The quantitative estimate of drug-likeness (QED) is 0.915. The number of hydrogen-bond acceptors (Lipinski definition) is 2.